The Hall–Kier alpha value is -7.16. The summed E-state index contributed by atoms with van der Waals surface area (Å²) in [5, 5.41) is 7.59. The van der Waals surface area contributed by atoms with E-state index in [0.717, 1.165) is 13.0 Å². The van der Waals surface area contributed by atoms with Crippen LogP contribution in [0.1, 0.15) is 49.4 Å². The number of rotatable bonds is 8. The fourth-order valence-corrected chi connectivity index (χ4v) is 10.3. The van der Waals surface area contributed by atoms with Gasteiger partial charge in [0.1, 0.15) is 0 Å². The molecular formula is C59H48N2. The average Bonchev–Trinajstić information content (AvgIpc) is 3.76. The van der Waals surface area contributed by atoms with E-state index >= 15 is 0 Å². The van der Waals surface area contributed by atoms with Crippen molar-refractivity contribution >= 4 is 60.2 Å². The van der Waals surface area contributed by atoms with Crippen molar-refractivity contribution in [3.8, 4) is 16.8 Å². The van der Waals surface area contributed by atoms with Crippen LogP contribution in [0.5, 0.6) is 0 Å². The predicted molar refractivity (Wildman–Crippen MR) is 262 cm³/mol. The molecule has 0 aliphatic heterocycles. The second-order valence-electron chi connectivity index (χ2n) is 17.1. The van der Waals surface area contributed by atoms with Gasteiger partial charge in [0, 0.05) is 39.2 Å². The highest BCUT2D eigenvalue weighted by atomic mass is 15.2. The molecule has 1 heterocycles. The summed E-state index contributed by atoms with van der Waals surface area (Å²) < 4.78 is 2.44. The quantitative estimate of drug-likeness (QED) is 0.139. The first-order valence-electron chi connectivity index (χ1n) is 21.7. The fraction of sp³-hybridized carbons (Fsp3) is 0.119. The van der Waals surface area contributed by atoms with Gasteiger partial charge >= 0.3 is 0 Å². The highest BCUT2D eigenvalue weighted by Crippen LogP contribution is 2.49. The Bertz CT molecular complexity index is 3300. The molecule has 294 valence electrons. The number of anilines is 1. The molecule has 0 bridgehead atoms. The molecule has 61 heavy (non-hydrogen) atoms. The zero-order chi connectivity index (χ0) is 41.1. The molecule has 0 saturated carbocycles. The summed E-state index contributed by atoms with van der Waals surface area (Å²) in [6, 6.07) is 62.8. The minimum absolute atomic E-state index is 0.0303. The number of hydrogen-bond donors (Lipinski definition) is 0. The van der Waals surface area contributed by atoms with Gasteiger partial charge in [-0.2, -0.15) is 0 Å². The zero-order valence-corrected chi connectivity index (χ0v) is 35.0. The van der Waals surface area contributed by atoms with Crippen LogP contribution in [0.15, 0.2) is 206 Å². The lowest BCUT2D eigenvalue weighted by Gasteiger charge is -2.33. The molecule has 2 aliphatic rings. The maximum atomic E-state index is 2.58. The average molecular weight is 785 g/mol. The maximum absolute atomic E-state index is 2.58. The third kappa shape index (κ3) is 6.17. The zero-order valence-electron chi connectivity index (χ0n) is 35.0. The maximum Gasteiger partial charge on any atom is 0.0541 e. The minimum Gasteiger partial charge on any atom is -0.361 e. The summed E-state index contributed by atoms with van der Waals surface area (Å²) in [5.74, 6) is 0. The molecule has 2 nitrogen and oxygen atoms in total. The minimum atomic E-state index is -0.0303. The van der Waals surface area contributed by atoms with E-state index in [0.29, 0.717) is 0 Å². The predicted octanol–water partition coefficient (Wildman–Crippen LogP) is 15.3. The Labute approximate surface area is 358 Å². The molecule has 2 heteroatoms. The number of hydrogen-bond acceptors (Lipinski definition) is 1. The second-order valence-corrected chi connectivity index (χ2v) is 17.1. The van der Waals surface area contributed by atoms with Gasteiger partial charge < -0.3 is 9.47 Å². The van der Waals surface area contributed by atoms with E-state index < -0.39 is 0 Å². The molecule has 1 atom stereocenters. The summed E-state index contributed by atoms with van der Waals surface area (Å²) in [5.41, 5.74) is 15.4. The van der Waals surface area contributed by atoms with Crippen LogP contribution < -0.4 is 4.90 Å². The van der Waals surface area contributed by atoms with Gasteiger partial charge in [-0.1, -0.05) is 184 Å². The Morgan fingerprint density at radius 1 is 0.639 bits per heavy atom. The highest BCUT2D eigenvalue weighted by Gasteiger charge is 2.35. The van der Waals surface area contributed by atoms with Gasteiger partial charge in [0.05, 0.1) is 22.8 Å². The van der Waals surface area contributed by atoms with E-state index in [4.69, 9.17) is 0 Å². The molecule has 0 saturated heterocycles. The first kappa shape index (κ1) is 36.9. The summed E-state index contributed by atoms with van der Waals surface area (Å²) in [7, 11) is 0. The summed E-state index contributed by atoms with van der Waals surface area (Å²) >= 11 is 0. The number of para-hydroxylation sites is 1. The summed E-state index contributed by atoms with van der Waals surface area (Å²) in [4.78, 5) is 2.58. The molecule has 1 aromatic heterocycles. The van der Waals surface area contributed by atoms with Gasteiger partial charge in [-0.05, 0) is 105 Å². The van der Waals surface area contributed by atoms with Crippen LogP contribution in [0.2, 0.25) is 0 Å². The Kier molecular flexibility index (Phi) is 8.97. The molecule has 0 fully saturated rings. The molecule has 9 aromatic rings. The van der Waals surface area contributed by atoms with Crippen molar-refractivity contribution in [1.29, 1.82) is 0 Å². The summed E-state index contributed by atoms with van der Waals surface area (Å²) in [6.45, 7) is 7.65. The van der Waals surface area contributed by atoms with Crippen molar-refractivity contribution in [2.75, 3.05) is 11.4 Å². The lowest BCUT2D eigenvalue weighted by Crippen LogP contribution is -2.34. The van der Waals surface area contributed by atoms with Gasteiger partial charge in [-0.3, -0.25) is 0 Å². The number of benzene rings is 8. The normalized spacial score (nSPS) is 15.8. The first-order chi connectivity index (χ1) is 30.0. The van der Waals surface area contributed by atoms with E-state index in [9.17, 15) is 0 Å². The number of fused-ring (bicyclic) bond motifs is 8. The standard InChI is InChI=1S/C59H48N2/c1-4-40(45-31-35-50-49-23-9-11-25-53(49)59(2,3)54(50)39-45)20-15-37-60(55-27-13-18-42-16-5-7-21-47(42)55)46-33-29-41(30-34-46)44-32-36-58-52(38-44)51-24-10-12-26-57(51)61(58)56-28-14-19-43-17-6-8-22-48(43)56/h4-33,35-36,38-39,46H,34,37H2,1-3H3/b20-15-,40-4+. The van der Waals surface area contributed by atoms with Crippen LogP contribution >= 0.6 is 0 Å². The molecule has 1 unspecified atom stereocenters. The number of allylic oxidation sites excluding steroid dienone is 5. The molecule has 11 rings (SSSR count). The highest BCUT2D eigenvalue weighted by molar-refractivity contribution is 6.11. The van der Waals surface area contributed by atoms with Crippen LogP contribution in [-0.4, -0.2) is 17.2 Å². The van der Waals surface area contributed by atoms with Crippen molar-refractivity contribution < 1.29 is 0 Å². The SMILES string of the molecule is C/C=C(\C=C/CN(c1cccc2ccccc12)C1C=CC(c2ccc3c(c2)c2ccccc2n3-c2cccc3ccccc23)=CC1)c1ccc2c(c1)C(C)(C)c1ccccc1-2. The van der Waals surface area contributed by atoms with Crippen molar-refractivity contribution in [3.05, 3.63) is 229 Å². The fourth-order valence-electron chi connectivity index (χ4n) is 10.3. The molecule has 0 N–H and O–H groups in total. The third-order valence-corrected chi connectivity index (χ3v) is 13.4. The monoisotopic (exact) mass is 784 g/mol. The second kappa shape index (κ2) is 14.8. The van der Waals surface area contributed by atoms with E-state index in [-0.39, 0.29) is 11.5 Å². The van der Waals surface area contributed by atoms with Gasteiger partial charge in [-0.25, -0.2) is 0 Å². The van der Waals surface area contributed by atoms with Gasteiger partial charge in [0.2, 0.25) is 0 Å². The van der Waals surface area contributed by atoms with E-state index in [2.05, 4.69) is 237 Å². The van der Waals surface area contributed by atoms with E-state index in [1.54, 1.807) is 0 Å². The molecule has 8 aromatic carbocycles. The van der Waals surface area contributed by atoms with Crippen LogP contribution in [0.4, 0.5) is 5.69 Å². The smallest absolute Gasteiger partial charge is 0.0541 e. The van der Waals surface area contributed by atoms with Gasteiger partial charge in [-0.15, -0.1) is 0 Å². The largest absolute Gasteiger partial charge is 0.361 e. The number of nitrogens with zero attached hydrogens (tertiary/aromatic N) is 2. The number of aromatic nitrogens is 1. The Morgan fingerprint density at radius 2 is 1.33 bits per heavy atom. The molecule has 0 amide bonds. The Balaban J connectivity index is 0.910. The van der Waals surface area contributed by atoms with Gasteiger partial charge in [0.25, 0.3) is 0 Å². The van der Waals surface area contributed by atoms with Crippen molar-refractivity contribution in [1.82, 2.24) is 4.57 Å². The lowest BCUT2D eigenvalue weighted by atomic mass is 9.81. The topological polar surface area (TPSA) is 8.17 Å². The lowest BCUT2D eigenvalue weighted by molar-refractivity contribution is 0.660. The van der Waals surface area contributed by atoms with E-state index in [1.807, 2.05) is 0 Å². The van der Waals surface area contributed by atoms with E-state index in [1.165, 1.54) is 99.3 Å². The van der Waals surface area contributed by atoms with Crippen LogP contribution in [-0.2, 0) is 5.41 Å². The van der Waals surface area contributed by atoms with Gasteiger partial charge in [0.15, 0.2) is 0 Å². The molecule has 0 radical (unpaired) electrons. The first-order valence-corrected chi connectivity index (χ1v) is 21.7. The molecular weight excluding hydrogens is 737 g/mol. The Morgan fingerprint density at radius 3 is 2.15 bits per heavy atom. The van der Waals surface area contributed by atoms with Crippen molar-refractivity contribution in [2.45, 2.75) is 38.6 Å². The van der Waals surface area contributed by atoms with Crippen LogP contribution in [0.25, 0.3) is 71.3 Å². The molecule has 0 spiro atoms. The molecule has 2 aliphatic carbocycles. The van der Waals surface area contributed by atoms with Crippen LogP contribution in [0, 0.1) is 0 Å². The third-order valence-electron chi connectivity index (χ3n) is 13.4. The van der Waals surface area contributed by atoms with Crippen molar-refractivity contribution in [2.24, 2.45) is 0 Å². The summed E-state index contributed by atoms with van der Waals surface area (Å²) in [6.07, 6.45) is 15.1. The van der Waals surface area contributed by atoms with Crippen LogP contribution in [0.3, 0.4) is 0 Å². The van der Waals surface area contributed by atoms with Crippen molar-refractivity contribution in [3.63, 3.8) is 0 Å².